The van der Waals surface area contributed by atoms with Gasteiger partial charge >= 0.3 is 0 Å². The summed E-state index contributed by atoms with van der Waals surface area (Å²) in [6.45, 7) is 3.68. The average molecular weight is 393 g/mol. The number of ether oxygens (including phenoxy) is 1. The Morgan fingerprint density at radius 1 is 1.24 bits per heavy atom. The number of halogens is 1. The van der Waals surface area contributed by atoms with Crippen molar-refractivity contribution in [3.63, 3.8) is 0 Å². The molecule has 8 heteroatoms. The van der Waals surface area contributed by atoms with Crippen molar-refractivity contribution in [2.24, 2.45) is 0 Å². The molecule has 1 unspecified atom stereocenters. The van der Waals surface area contributed by atoms with Gasteiger partial charge in [0.15, 0.2) is 0 Å². The van der Waals surface area contributed by atoms with E-state index in [1.165, 1.54) is 24.2 Å². The second kappa shape index (κ2) is 7.38. The van der Waals surface area contributed by atoms with E-state index in [0.717, 1.165) is 5.56 Å². The molecule has 2 aromatic carbocycles. The molecule has 1 aliphatic heterocycles. The summed E-state index contributed by atoms with van der Waals surface area (Å²) in [6, 6.07) is 11.1. The highest BCUT2D eigenvalue weighted by Gasteiger charge is 2.35. The Morgan fingerprint density at radius 2 is 2.03 bits per heavy atom. The number of hydrogen-bond acceptors (Lipinski definition) is 5. The van der Waals surface area contributed by atoms with Gasteiger partial charge in [-0.2, -0.15) is 10.1 Å². The fourth-order valence-corrected chi connectivity index (χ4v) is 3.48. The molecule has 2 heterocycles. The highest BCUT2D eigenvalue weighted by atomic mass is 19.1. The maximum absolute atomic E-state index is 14.7. The summed E-state index contributed by atoms with van der Waals surface area (Å²) in [5.41, 5.74) is 2.76. The number of hydrogen-bond donors (Lipinski definition) is 2. The van der Waals surface area contributed by atoms with Gasteiger partial charge in [-0.05, 0) is 37.6 Å². The zero-order valence-electron chi connectivity index (χ0n) is 16.2. The molecule has 1 atom stereocenters. The number of aryl methyl sites for hydroxylation is 1. The van der Waals surface area contributed by atoms with Crippen LogP contribution in [0.2, 0.25) is 0 Å². The highest BCUT2D eigenvalue weighted by molar-refractivity contribution is 6.06. The fraction of sp³-hybridized carbons (Fsp3) is 0.190. The second-order valence-electron chi connectivity index (χ2n) is 6.77. The lowest BCUT2D eigenvalue weighted by Crippen LogP contribution is -2.32. The summed E-state index contributed by atoms with van der Waals surface area (Å²) in [5, 5.41) is 10.2. The molecule has 148 valence electrons. The number of rotatable bonds is 4. The maximum Gasteiger partial charge on any atom is 0.255 e. The number of methoxy groups -OCH3 is 1. The summed E-state index contributed by atoms with van der Waals surface area (Å²) in [7, 11) is 1.54. The van der Waals surface area contributed by atoms with Gasteiger partial charge in [-0.3, -0.25) is 4.79 Å². The molecular weight excluding hydrogens is 373 g/mol. The van der Waals surface area contributed by atoms with Crippen LogP contribution in [0, 0.1) is 12.7 Å². The summed E-state index contributed by atoms with van der Waals surface area (Å²) in [6.07, 6.45) is 1.37. The molecule has 0 aliphatic carbocycles. The van der Waals surface area contributed by atoms with Gasteiger partial charge in [0.25, 0.3) is 5.91 Å². The zero-order chi connectivity index (χ0) is 20.5. The van der Waals surface area contributed by atoms with Crippen molar-refractivity contribution in [3.8, 4) is 5.75 Å². The molecule has 0 bridgehead atoms. The van der Waals surface area contributed by atoms with Gasteiger partial charge in [0.05, 0.1) is 18.4 Å². The van der Waals surface area contributed by atoms with Gasteiger partial charge in [-0.1, -0.05) is 24.3 Å². The Balaban J connectivity index is 1.79. The molecule has 2 N–H and O–H groups in total. The van der Waals surface area contributed by atoms with E-state index in [4.69, 9.17) is 4.74 Å². The Kier molecular flexibility index (Phi) is 4.75. The molecule has 0 radical (unpaired) electrons. The fourth-order valence-electron chi connectivity index (χ4n) is 3.48. The molecule has 0 fully saturated rings. The van der Waals surface area contributed by atoms with Crippen molar-refractivity contribution in [2.75, 3.05) is 17.7 Å². The molecule has 3 aromatic rings. The lowest BCUT2D eigenvalue weighted by Gasteiger charge is -2.29. The quantitative estimate of drug-likeness (QED) is 0.707. The Hall–Kier alpha value is -3.68. The standard InChI is InChI=1S/C21H20FN5O2/c1-12-8-9-17(29-3)16(10-12)26-20(28)18-13(2)25-21-23-11-24-27(21)19(18)14-6-4-5-7-15(14)22/h4-11,19H,1-3H3,(H,26,28)(H,23,24,25). The van der Waals surface area contributed by atoms with Crippen molar-refractivity contribution >= 4 is 17.5 Å². The summed E-state index contributed by atoms with van der Waals surface area (Å²) in [4.78, 5) is 17.5. The molecule has 29 heavy (non-hydrogen) atoms. The van der Waals surface area contributed by atoms with E-state index in [0.29, 0.717) is 34.2 Å². The van der Waals surface area contributed by atoms with Gasteiger partial charge in [-0.15, -0.1) is 0 Å². The normalized spacial score (nSPS) is 15.5. The van der Waals surface area contributed by atoms with E-state index in [2.05, 4.69) is 20.7 Å². The van der Waals surface area contributed by atoms with Crippen LogP contribution in [0.1, 0.15) is 24.1 Å². The number of carbonyl (C=O) groups is 1. The molecule has 7 nitrogen and oxygen atoms in total. The summed E-state index contributed by atoms with van der Waals surface area (Å²) >= 11 is 0. The molecular formula is C21H20FN5O2. The molecule has 1 amide bonds. The smallest absolute Gasteiger partial charge is 0.255 e. The number of aromatic nitrogens is 3. The topological polar surface area (TPSA) is 81.1 Å². The zero-order valence-corrected chi connectivity index (χ0v) is 16.2. The highest BCUT2D eigenvalue weighted by Crippen LogP contribution is 2.37. The number of nitrogens with one attached hydrogen (secondary N) is 2. The van der Waals surface area contributed by atoms with Crippen molar-refractivity contribution in [2.45, 2.75) is 19.9 Å². The Labute approximate surface area is 167 Å². The van der Waals surface area contributed by atoms with Crippen molar-refractivity contribution in [1.82, 2.24) is 14.8 Å². The first kappa shape index (κ1) is 18.7. The number of carbonyl (C=O) groups excluding carboxylic acids is 1. The second-order valence-corrected chi connectivity index (χ2v) is 6.77. The molecule has 1 aliphatic rings. The number of fused-ring (bicyclic) bond motifs is 1. The number of amides is 1. The Morgan fingerprint density at radius 3 is 2.79 bits per heavy atom. The van der Waals surface area contributed by atoms with E-state index in [9.17, 15) is 9.18 Å². The van der Waals surface area contributed by atoms with E-state index >= 15 is 0 Å². The molecule has 0 saturated carbocycles. The lowest BCUT2D eigenvalue weighted by molar-refractivity contribution is -0.113. The SMILES string of the molecule is COc1ccc(C)cc1NC(=O)C1=C(C)Nc2ncnn2C1c1ccccc1F. The van der Waals surface area contributed by atoms with Crippen LogP contribution in [0.3, 0.4) is 0 Å². The van der Waals surface area contributed by atoms with Crippen LogP contribution in [0.5, 0.6) is 5.75 Å². The first-order valence-corrected chi connectivity index (χ1v) is 9.07. The third-order valence-electron chi connectivity index (χ3n) is 4.84. The predicted octanol–water partition coefficient (Wildman–Crippen LogP) is 3.66. The van der Waals surface area contributed by atoms with Gasteiger partial charge in [0.1, 0.15) is 23.9 Å². The minimum atomic E-state index is -0.759. The predicted molar refractivity (Wildman–Crippen MR) is 107 cm³/mol. The largest absolute Gasteiger partial charge is 0.495 e. The summed E-state index contributed by atoms with van der Waals surface area (Å²) in [5.74, 6) is 0.177. The number of benzene rings is 2. The van der Waals surface area contributed by atoms with Crippen LogP contribution in [0.15, 0.2) is 60.1 Å². The van der Waals surface area contributed by atoms with Crippen molar-refractivity contribution in [3.05, 3.63) is 77.0 Å². The van der Waals surface area contributed by atoms with Gasteiger partial charge in [0.2, 0.25) is 5.95 Å². The number of nitrogens with zero attached hydrogens (tertiary/aromatic N) is 3. The Bertz CT molecular complexity index is 1120. The van der Waals surface area contributed by atoms with Crippen LogP contribution in [-0.2, 0) is 4.79 Å². The summed E-state index contributed by atoms with van der Waals surface area (Å²) < 4.78 is 21.5. The van der Waals surface area contributed by atoms with Crippen LogP contribution >= 0.6 is 0 Å². The van der Waals surface area contributed by atoms with Gasteiger partial charge in [-0.25, -0.2) is 9.07 Å². The van der Waals surface area contributed by atoms with Crippen LogP contribution in [-0.4, -0.2) is 27.8 Å². The number of allylic oxidation sites excluding steroid dienone is 1. The monoisotopic (exact) mass is 393 g/mol. The van der Waals surface area contributed by atoms with Crippen molar-refractivity contribution in [1.29, 1.82) is 0 Å². The van der Waals surface area contributed by atoms with E-state index in [-0.39, 0.29) is 5.91 Å². The van der Waals surface area contributed by atoms with E-state index in [1.807, 2.05) is 19.1 Å². The van der Waals surface area contributed by atoms with Crippen molar-refractivity contribution < 1.29 is 13.9 Å². The third-order valence-corrected chi connectivity index (χ3v) is 4.84. The van der Waals surface area contributed by atoms with E-state index in [1.54, 1.807) is 31.2 Å². The van der Waals surface area contributed by atoms with Crippen LogP contribution in [0.25, 0.3) is 0 Å². The molecule has 0 spiro atoms. The van der Waals surface area contributed by atoms with Crippen LogP contribution in [0.4, 0.5) is 16.0 Å². The first-order chi connectivity index (χ1) is 14.0. The lowest BCUT2D eigenvalue weighted by atomic mass is 9.94. The number of anilines is 2. The minimum Gasteiger partial charge on any atom is -0.495 e. The molecule has 0 saturated heterocycles. The third kappa shape index (κ3) is 3.33. The average Bonchev–Trinajstić information content (AvgIpc) is 3.15. The molecule has 1 aromatic heterocycles. The minimum absolute atomic E-state index is 0.335. The van der Waals surface area contributed by atoms with Crippen LogP contribution < -0.4 is 15.4 Å². The molecule has 4 rings (SSSR count). The van der Waals surface area contributed by atoms with Gasteiger partial charge in [0, 0.05) is 11.3 Å². The van der Waals surface area contributed by atoms with E-state index < -0.39 is 11.9 Å². The first-order valence-electron chi connectivity index (χ1n) is 9.07. The maximum atomic E-state index is 14.7. The van der Waals surface area contributed by atoms with Gasteiger partial charge < -0.3 is 15.4 Å².